The summed E-state index contributed by atoms with van der Waals surface area (Å²) < 4.78 is 23.4. The van der Waals surface area contributed by atoms with Gasteiger partial charge in [-0.25, -0.2) is 9.37 Å². The maximum absolute atomic E-state index is 14.0. The molecule has 0 spiro atoms. The molecule has 0 saturated carbocycles. The van der Waals surface area contributed by atoms with Crippen LogP contribution in [0.1, 0.15) is 10.7 Å². The highest BCUT2D eigenvalue weighted by Gasteiger charge is 2.20. The first-order valence-electron chi connectivity index (χ1n) is 8.85. The van der Waals surface area contributed by atoms with Crippen molar-refractivity contribution in [2.45, 2.75) is 13.2 Å². The van der Waals surface area contributed by atoms with E-state index in [1.54, 1.807) is 24.5 Å². The lowest BCUT2D eigenvalue weighted by molar-refractivity contribution is 0.179. The molecule has 0 aliphatic carbocycles. The van der Waals surface area contributed by atoms with Gasteiger partial charge in [0, 0.05) is 66.7 Å². The van der Waals surface area contributed by atoms with Crippen molar-refractivity contribution in [1.29, 1.82) is 0 Å². The fourth-order valence-corrected chi connectivity index (χ4v) is 4.95. The second-order valence-electron chi connectivity index (χ2n) is 6.44. The van der Waals surface area contributed by atoms with Gasteiger partial charge in [0.1, 0.15) is 12.4 Å². The molecule has 1 aromatic carbocycles. The zero-order valence-electron chi connectivity index (χ0n) is 15.1. The van der Waals surface area contributed by atoms with Crippen molar-refractivity contribution in [2.24, 2.45) is 0 Å². The van der Waals surface area contributed by atoms with Crippen LogP contribution in [0.4, 0.5) is 9.52 Å². The molecule has 0 radical (unpaired) electrons. The van der Waals surface area contributed by atoms with Crippen LogP contribution in [0.2, 0.25) is 0 Å². The van der Waals surface area contributed by atoms with Crippen molar-refractivity contribution in [1.82, 2.24) is 14.3 Å². The molecule has 27 heavy (non-hydrogen) atoms. The summed E-state index contributed by atoms with van der Waals surface area (Å²) in [6.45, 7) is 5.19. The molecule has 1 aliphatic heterocycles. The number of hydrogen-bond acceptors (Lipinski definition) is 7. The third kappa shape index (κ3) is 4.35. The number of anilines is 1. The summed E-state index contributed by atoms with van der Waals surface area (Å²) in [5.74, 6) is 0.587. The van der Waals surface area contributed by atoms with Crippen molar-refractivity contribution in [3.63, 3.8) is 0 Å². The van der Waals surface area contributed by atoms with Crippen LogP contribution < -0.4 is 4.90 Å². The van der Waals surface area contributed by atoms with Crippen LogP contribution in [0.5, 0.6) is 0 Å². The maximum Gasteiger partial charge on any atom is 0.205 e. The Morgan fingerprint density at radius 1 is 1.11 bits per heavy atom. The third-order valence-corrected chi connectivity index (χ3v) is 6.47. The number of methoxy groups -OCH3 is 1. The Hall–Kier alpha value is -1.87. The zero-order valence-corrected chi connectivity index (χ0v) is 16.7. The van der Waals surface area contributed by atoms with E-state index in [-0.39, 0.29) is 5.82 Å². The van der Waals surface area contributed by atoms with Crippen LogP contribution in [0, 0.1) is 5.82 Å². The summed E-state index contributed by atoms with van der Waals surface area (Å²) >= 11 is 3.11. The number of rotatable bonds is 6. The molecular formula is C19H21FN4OS2. The van der Waals surface area contributed by atoms with Gasteiger partial charge in [-0.15, -0.1) is 11.3 Å². The molecule has 142 valence electrons. The molecule has 0 bridgehead atoms. The standard InChI is InChI=1S/C19H21FN4OS2/c1-25-13-18-21-19(27-22-18)24-10-8-23(9-11-24)12-14-6-7-17(26-14)15-4-2-3-5-16(15)20/h2-7H,8-13H2,1H3. The normalized spacial score (nSPS) is 15.4. The quantitative estimate of drug-likeness (QED) is 0.624. The number of ether oxygens (including phenoxy) is 1. The Bertz CT molecular complexity index is 889. The Morgan fingerprint density at radius 3 is 2.70 bits per heavy atom. The highest BCUT2D eigenvalue weighted by atomic mass is 32.1. The molecular weight excluding hydrogens is 383 g/mol. The number of piperazine rings is 1. The van der Waals surface area contributed by atoms with Gasteiger partial charge in [-0.2, -0.15) is 4.37 Å². The molecule has 0 amide bonds. The van der Waals surface area contributed by atoms with Crippen LogP contribution in [-0.4, -0.2) is 47.5 Å². The van der Waals surface area contributed by atoms with Crippen molar-refractivity contribution < 1.29 is 9.13 Å². The van der Waals surface area contributed by atoms with Crippen molar-refractivity contribution in [2.75, 3.05) is 38.2 Å². The minimum Gasteiger partial charge on any atom is -0.377 e. The number of thiophene rings is 1. The zero-order chi connectivity index (χ0) is 18.6. The molecule has 3 aromatic rings. The topological polar surface area (TPSA) is 41.5 Å². The highest BCUT2D eigenvalue weighted by Crippen LogP contribution is 2.31. The SMILES string of the molecule is COCc1nsc(N2CCN(Cc3ccc(-c4ccccc4F)s3)CC2)n1. The fraction of sp³-hybridized carbons (Fsp3) is 0.368. The summed E-state index contributed by atoms with van der Waals surface area (Å²) in [4.78, 5) is 11.5. The minimum atomic E-state index is -0.163. The number of benzene rings is 1. The Balaban J connectivity index is 1.33. The van der Waals surface area contributed by atoms with Gasteiger partial charge in [-0.3, -0.25) is 4.90 Å². The summed E-state index contributed by atoms with van der Waals surface area (Å²) in [5.41, 5.74) is 0.682. The summed E-state index contributed by atoms with van der Waals surface area (Å²) in [6, 6.07) is 11.1. The van der Waals surface area contributed by atoms with Crippen LogP contribution in [0.25, 0.3) is 10.4 Å². The first-order valence-corrected chi connectivity index (χ1v) is 10.4. The molecule has 1 saturated heterocycles. The monoisotopic (exact) mass is 404 g/mol. The Kier molecular flexibility index (Phi) is 5.77. The van der Waals surface area contributed by atoms with Gasteiger partial charge < -0.3 is 9.64 Å². The fourth-order valence-electron chi connectivity index (χ4n) is 3.15. The smallest absolute Gasteiger partial charge is 0.205 e. The molecule has 8 heteroatoms. The molecule has 5 nitrogen and oxygen atoms in total. The van der Waals surface area contributed by atoms with E-state index in [1.807, 2.05) is 18.2 Å². The van der Waals surface area contributed by atoms with Gasteiger partial charge in [0.15, 0.2) is 5.82 Å². The van der Waals surface area contributed by atoms with Crippen LogP contribution in [-0.2, 0) is 17.9 Å². The lowest BCUT2D eigenvalue weighted by atomic mass is 10.2. The molecule has 1 fully saturated rings. The minimum absolute atomic E-state index is 0.163. The predicted octanol–water partition coefficient (Wildman–Crippen LogP) is 3.87. The van der Waals surface area contributed by atoms with Crippen LogP contribution >= 0.6 is 22.9 Å². The van der Waals surface area contributed by atoms with Gasteiger partial charge in [0.25, 0.3) is 0 Å². The van der Waals surface area contributed by atoms with Crippen molar-refractivity contribution >= 4 is 28.0 Å². The molecule has 1 aliphatic rings. The molecule has 2 aromatic heterocycles. The lowest BCUT2D eigenvalue weighted by Crippen LogP contribution is -2.45. The number of hydrogen-bond donors (Lipinski definition) is 0. The lowest BCUT2D eigenvalue weighted by Gasteiger charge is -2.34. The van der Waals surface area contributed by atoms with Gasteiger partial charge in [-0.05, 0) is 18.2 Å². The Morgan fingerprint density at radius 2 is 1.93 bits per heavy atom. The van der Waals surface area contributed by atoms with E-state index >= 15 is 0 Å². The summed E-state index contributed by atoms with van der Waals surface area (Å²) in [7, 11) is 1.65. The van der Waals surface area contributed by atoms with E-state index in [2.05, 4.69) is 25.2 Å². The summed E-state index contributed by atoms with van der Waals surface area (Å²) in [5, 5.41) is 0.972. The molecule has 0 N–H and O–H groups in total. The third-order valence-electron chi connectivity index (χ3n) is 4.55. The predicted molar refractivity (Wildman–Crippen MR) is 108 cm³/mol. The average Bonchev–Trinajstić information content (AvgIpc) is 3.33. The average molecular weight is 405 g/mol. The van der Waals surface area contributed by atoms with Gasteiger partial charge >= 0.3 is 0 Å². The summed E-state index contributed by atoms with van der Waals surface area (Å²) in [6.07, 6.45) is 0. The van der Waals surface area contributed by atoms with E-state index in [9.17, 15) is 4.39 Å². The highest BCUT2D eigenvalue weighted by molar-refractivity contribution is 7.15. The van der Waals surface area contributed by atoms with Gasteiger partial charge in [0.2, 0.25) is 5.13 Å². The first-order chi connectivity index (χ1) is 13.2. The van der Waals surface area contributed by atoms with Gasteiger partial charge in [-0.1, -0.05) is 18.2 Å². The second kappa shape index (κ2) is 8.43. The first kappa shape index (κ1) is 18.5. The van der Waals surface area contributed by atoms with Crippen LogP contribution in [0.15, 0.2) is 36.4 Å². The van der Waals surface area contributed by atoms with Crippen molar-refractivity contribution in [3.8, 4) is 10.4 Å². The van der Waals surface area contributed by atoms with E-state index in [0.29, 0.717) is 12.2 Å². The number of halogens is 1. The molecule has 4 rings (SSSR count). The Labute approximate surface area is 166 Å². The maximum atomic E-state index is 14.0. The molecule has 3 heterocycles. The molecule has 0 atom stereocenters. The van der Waals surface area contributed by atoms with E-state index in [0.717, 1.165) is 48.6 Å². The molecule has 0 unspecified atom stereocenters. The van der Waals surface area contributed by atoms with Gasteiger partial charge in [0.05, 0.1) is 0 Å². The van der Waals surface area contributed by atoms with Crippen molar-refractivity contribution in [3.05, 3.63) is 52.9 Å². The number of aromatic nitrogens is 2. The van der Waals surface area contributed by atoms with E-state index in [4.69, 9.17) is 4.74 Å². The second-order valence-corrected chi connectivity index (χ2v) is 8.33. The number of nitrogens with zero attached hydrogens (tertiary/aromatic N) is 4. The largest absolute Gasteiger partial charge is 0.377 e. The van der Waals surface area contributed by atoms with E-state index < -0.39 is 0 Å². The van der Waals surface area contributed by atoms with Crippen LogP contribution in [0.3, 0.4) is 0 Å². The van der Waals surface area contributed by atoms with E-state index in [1.165, 1.54) is 22.5 Å².